The predicted molar refractivity (Wildman–Crippen MR) is 120 cm³/mol. The van der Waals surface area contributed by atoms with Crippen molar-refractivity contribution in [2.45, 2.75) is 6.92 Å². The van der Waals surface area contributed by atoms with Gasteiger partial charge in [0.25, 0.3) is 5.91 Å². The molecule has 1 aliphatic heterocycles. The van der Waals surface area contributed by atoms with Crippen LogP contribution in [0.4, 0.5) is 5.69 Å². The molecule has 7 nitrogen and oxygen atoms in total. The maximum Gasteiger partial charge on any atom is 0.341 e. The Hall–Kier alpha value is -2.78. The summed E-state index contributed by atoms with van der Waals surface area (Å²) in [4.78, 5) is 30.4. The Morgan fingerprint density at radius 2 is 2.00 bits per heavy atom. The van der Waals surface area contributed by atoms with E-state index >= 15 is 0 Å². The first-order valence-corrected chi connectivity index (χ1v) is 10.6. The van der Waals surface area contributed by atoms with Crippen molar-refractivity contribution in [3.63, 3.8) is 0 Å². The number of carbonyl (C=O) groups is 2. The van der Waals surface area contributed by atoms with Crippen LogP contribution in [0.2, 0.25) is 0 Å². The second kappa shape index (κ2) is 9.82. The van der Waals surface area contributed by atoms with E-state index in [0.717, 1.165) is 10.2 Å². The predicted octanol–water partition coefficient (Wildman–Crippen LogP) is 4.55. The number of ether oxygens (including phenoxy) is 2. The molecule has 1 saturated heterocycles. The van der Waals surface area contributed by atoms with E-state index < -0.39 is 12.6 Å². The van der Waals surface area contributed by atoms with Crippen molar-refractivity contribution >= 4 is 56.5 Å². The van der Waals surface area contributed by atoms with Gasteiger partial charge in [-0.25, -0.2) is 9.79 Å². The minimum absolute atomic E-state index is 0.168. The van der Waals surface area contributed by atoms with Gasteiger partial charge in [0.1, 0.15) is 11.5 Å². The van der Waals surface area contributed by atoms with E-state index in [1.165, 1.54) is 11.8 Å². The summed E-state index contributed by atoms with van der Waals surface area (Å²) in [6, 6.07) is 12.4. The molecular weight excluding hydrogens is 472 g/mol. The van der Waals surface area contributed by atoms with Gasteiger partial charge in [-0.05, 0) is 67.2 Å². The van der Waals surface area contributed by atoms with Crippen LogP contribution in [0.1, 0.15) is 12.5 Å². The highest BCUT2D eigenvalue weighted by Crippen LogP contribution is 2.36. The lowest BCUT2D eigenvalue weighted by atomic mass is 10.2. The molecule has 0 aliphatic carbocycles. The van der Waals surface area contributed by atoms with Crippen molar-refractivity contribution in [2.24, 2.45) is 4.99 Å². The molecule has 0 atom stereocenters. The number of amides is 1. The Labute approximate surface area is 186 Å². The van der Waals surface area contributed by atoms with Crippen LogP contribution in [0, 0.1) is 0 Å². The van der Waals surface area contributed by atoms with Crippen LogP contribution in [0.3, 0.4) is 0 Å². The number of aliphatic carboxylic acids is 1. The zero-order valence-corrected chi connectivity index (χ0v) is 18.7. The molecule has 1 fully saturated rings. The highest BCUT2D eigenvalue weighted by molar-refractivity contribution is 9.10. The maximum atomic E-state index is 12.9. The molecule has 1 amide bonds. The van der Waals surface area contributed by atoms with Gasteiger partial charge in [0.05, 0.1) is 17.7 Å². The van der Waals surface area contributed by atoms with E-state index in [1.54, 1.807) is 48.4 Å². The third-order valence-electron chi connectivity index (χ3n) is 4.11. The highest BCUT2D eigenvalue weighted by atomic mass is 79.9. The maximum absolute atomic E-state index is 12.9. The van der Waals surface area contributed by atoms with E-state index in [0.29, 0.717) is 33.6 Å². The summed E-state index contributed by atoms with van der Waals surface area (Å²) in [6.45, 7) is 1.88. The number of amidine groups is 1. The van der Waals surface area contributed by atoms with Gasteiger partial charge in [0.2, 0.25) is 0 Å². The number of aliphatic imine (C=N–C) groups is 1. The first-order valence-electron chi connectivity index (χ1n) is 8.99. The Morgan fingerprint density at radius 3 is 2.63 bits per heavy atom. The lowest BCUT2D eigenvalue weighted by molar-refractivity contribution is -0.139. The number of carbonyl (C=O) groups excluding carboxylic acids is 1. The molecule has 30 heavy (non-hydrogen) atoms. The third kappa shape index (κ3) is 5.22. The zero-order chi connectivity index (χ0) is 21.7. The molecule has 3 rings (SSSR count). The van der Waals surface area contributed by atoms with E-state index in [1.807, 2.05) is 19.1 Å². The summed E-state index contributed by atoms with van der Waals surface area (Å²) >= 11 is 4.66. The summed E-state index contributed by atoms with van der Waals surface area (Å²) in [6.07, 6.45) is 1.69. The smallest absolute Gasteiger partial charge is 0.341 e. The van der Waals surface area contributed by atoms with Crippen molar-refractivity contribution in [3.8, 4) is 11.5 Å². The number of carboxylic acids is 1. The van der Waals surface area contributed by atoms with Crippen molar-refractivity contribution in [2.75, 3.05) is 20.3 Å². The highest BCUT2D eigenvalue weighted by Gasteiger charge is 2.32. The number of thioether (sulfide) groups is 1. The van der Waals surface area contributed by atoms with E-state index in [4.69, 9.17) is 14.6 Å². The molecule has 0 unspecified atom stereocenters. The zero-order valence-electron chi connectivity index (χ0n) is 16.3. The fourth-order valence-electron chi connectivity index (χ4n) is 2.68. The second-order valence-electron chi connectivity index (χ2n) is 6.12. The van der Waals surface area contributed by atoms with Crippen molar-refractivity contribution in [3.05, 3.63) is 57.4 Å². The monoisotopic (exact) mass is 490 g/mol. The lowest BCUT2D eigenvalue weighted by Crippen LogP contribution is -2.28. The molecule has 0 radical (unpaired) electrons. The van der Waals surface area contributed by atoms with Crippen LogP contribution in [0.5, 0.6) is 11.5 Å². The summed E-state index contributed by atoms with van der Waals surface area (Å²) in [7, 11) is 1.60. The molecule has 2 aromatic rings. The summed E-state index contributed by atoms with van der Waals surface area (Å²) in [5.74, 6) is -0.136. The number of hydrogen-bond donors (Lipinski definition) is 1. The van der Waals surface area contributed by atoms with Gasteiger partial charge >= 0.3 is 5.97 Å². The number of carboxylic acid groups (broad SMARTS) is 1. The lowest BCUT2D eigenvalue weighted by Gasteiger charge is -2.12. The molecule has 1 aliphatic rings. The Balaban J connectivity index is 1.92. The molecule has 0 spiro atoms. The number of benzene rings is 2. The fraction of sp³-hybridized carbons (Fsp3) is 0.190. The normalized spacial score (nSPS) is 16.4. The quantitative estimate of drug-likeness (QED) is 0.572. The molecule has 9 heteroatoms. The summed E-state index contributed by atoms with van der Waals surface area (Å²) in [5, 5.41) is 9.45. The van der Waals surface area contributed by atoms with E-state index in [9.17, 15) is 9.59 Å². The molecule has 1 N–H and O–H groups in total. The Kier molecular flexibility index (Phi) is 7.17. The van der Waals surface area contributed by atoms with Gasteiger partial charge in [-0.15, -0.1) is 0 Å². The second-order valence-corrected chi connectivity index (χ2v) is 8.04. The molecule has 1 heterocycles. The summed E-state index contributed by atoms with van der Waals surface area (Å²) < 4.78 is 11.3. The minimum atomic E-state index is -1.08. The molecule has 0 aromatic heterocycles. The first kappa shape index (κ1) is 21.9. The van der Waals surface area contributed by atoms with Crippen LogP contribution >= 0.6 is 27.7 Å². The van der Waals surface area contributed by atoms with Crippen molar-refractivity contribution < 1.29 is 24.2 Å². The average Bonchev–Trinajstić information content (AvgIpc) is 3.01. The number of methoxy groups -OCH3 is 1. The van der Waals surface area contributed by atoms with E-state index in [-0.39, 0.29) is 5.91 Å². The Bertz CT molecular complexity index is 1020. The van der Waals surface area contributed by atoms with Crippen LogP contribution < -0.4 is 9.47 Å². The van der Waals surface area contributed by atoms with Crippen molar-refractivity contribution in [1.29, 1.82) is 0 Å². The van der Waals surface area contributed by atoms with E-state index in [2.05, 4.69) is 20.9 Å². The molecule has 0 saturated carbocycles. The molecule has 156 valence electrons. The number of halogens is 1. The number of likely N-dealkylation sites (N-methyl/N-ethyl adjacent to an activating group) is 1. The molecule has 2 aromatic carbocycles. The third-order valence-corrected chi connectivity index (χ3v) is 5.61. The first-order chi connectivity index (χ1) is 14.4. The van der Waals surface area contributed by atoms with Crippen molar-refractivity contribution in [1.82, 2.24) is 4.90 Å². The van der Waals surface area contributed by atoms with Crippen LogP contribution in [0.25, 0.3) is 6.08 Å². The number of nitrogens with zero attached hydrogens (tertiary/aromatic N) is 2. The van der Waals surface area contributed by atoms with Gasteiger partial charge in [0.15, 0.2) is 11.8 Å². The standard InChI is InChI=1S/C21H19BrN2O5S/c1-3-24-20(27)18(30-21(24)23-15-5-7-16(28-2)8-6-15)11-13-10-14(22)4-9-17(13)29-12-19(25)26/h4-11H,3,12H2,1-2H3,(H,25,26)/b18-11+,23-21?. The fourth-order valence-corrected chi connectivity index (χ4v) is 4.11. The van der Waals surface area contributed by atoms with Gasteiger partial charge < -0.3 is 14.6 Å². The number of rotatable bonds is 7. The van der Waals surface area contributed by atoms with Gasteiger partial charge in [-0.1, -0.05) is 15.9 Å². The van der Waals surface area contributed by atoms with Gasteiger partial charge in [-0.3, -0.25) is 9.69 Å². The van der Waals surface area contributed by atoms with Crippen LogP contribution in [0.15, 0.2) is 56.8 Å². The van der Waals surface area contributed by atoms with Crippen LogP contribution in [-0.4, -0.2) is 47.3 Å². The molecular formula is C21H19BrN2O5S. The largest absolute Gasteiger partial charge is 0.497 e. The number of hydrogen-bond acceptors (Lipinski definition) is 6. The van der Waals surface area contributed by atoms with Crippen LogP contribution in [-0.2, 0) is 9.59 Å². The van der Waals surface area contributed by atoms with Gasteiger partial charge in [-0.2, -0.15) is 0 Å². The summed E-state index contributed by atoms with van der Waals surface area (Å²) in [5.41, 5.74) is 1.31. The minimum Gasteiger partial charge on any atom is -0.497 e. The Morgan fingerprint density at radius 1 is 1.27 bits per heavy atom. The van der Waals surface area contributed by atoms with Gasteiger partial charge in [0, 0.05) is 16.6 Å². The SMILES string of the molecule is CCN1C(=O)/C(=C\c2cc(Br)ccc2OCC(=O)O)SC1=Nc1ccc(OC)cc1. The average molecular weight is 491 g/mol. The molecule has 0 bridgehead atoms. The topological polar surface area (TPSA) is 88.4 Å².